The van der Waals surface area contributed by atoms with Gasteiger partial charge in [0.15, 0.2) is 12.6 Å². The Morgan fingerprint density at radius 2 is 2.09 bits per heavy atom. The molecule has 1 aromatic heterocycles. The molecule has 0 spiro atoms. The molecule has 0 aliphatic heterocycles. The van der Waals surface area contributed by atoms with Crippen LogP contribution in [0, 0.1) is 5.92 Å². The molecule has 5 nitrogen and oxygen atoms in total. The highest BCUT2D eigenvalue weighted by Gasteiger charge is 2.29. The minimum atomic E-state index is -4.40. The number of hydrogen-bond donors (Lipinski definition) is 2. The van der Waals surface area contributed by atoms with Crippen LogP contribution in [0.4, 0.5) is 13.2 Å². The summed E-state index contributed by atoms with van der Waals surface area (Å²) in [6, 6.07) is 3.29. The first kappa shape index (κ1) is 19.1. The number of halogens is 3. The zero-order chi connectivity index (χ0) is 17.3. The molecule has 1 heterocycles. The Morgan fingerprint density at radius 3 is 2.70 bits per heavy atom. The highest BCUT2D eigenvalue weighted by Crippen LogP contribution is 2.20. The first-order valence-electron chi connectivity index (χ1n) is 7.47. The molecule has 0 saturated carbocycles. The number of aliphatic imine (C=N–C) groups is 1. The van der Waals surface area contributed by atoms with Gasteiger partial charge in [0.25, 0.3) is 0 Å². The van der Waals surface area contributed by atoms with Crippen molar-refractivity contribution in [2.45, 2.75) is 33.5 Å². The maximum Gasteiger partial charge on any atom is 0.422 e. The van der Waals surface area contributed by atoms with E-state index < -0.39 is 12.8 Å². The molecule has 0 saturated heterocycles. The van der Waals surface area contributed by atoms with E-state index in [0.717, 1.165) is 6.54 Å². The second-order valence-electron chi connectivity index (χ2n) is 5.34. The maximum atomic E-state index is 12.3. The van der Waals surface area contributed by atoms with Crippen LogP contribution in [0.2, 0.25) is 0 Å². The Morgan fingerprint density at radius 1 is 1.35 bits per heavy atom. The normalized spacial score (nSPS) is 12.4. The standard InChI is InChI=1S/C15H23F3N4O/c1-4-19-14(21-8-11(2)3)22-9-12-6-5-7-20-13(12)23-10-15(16,17)18/h5-7,11H,4,8-10H2,1-3H3,(H2,19,21,22). The Hall–Kier alpha value is -1.99. The summed E-state index contributed by atoms with van der Waals surface area (Å²) in [5, 5.41) is 6.25. The molecule has 1 rings (SSSR count). The average molecular weight is 332 g/mol. The van der Waals surface area contributed by atoms with E-state index in [2.05, 4.69) is 34.5 Å². The van der Waals surface area contributed by atoms with E-state index in [-0.39, 0.29) is 12.4 Å². The minimum Gasteiger partial charge on any atom is -0.468 e. The molecule has 0 unspecified atom stereocenters. The molecular weight excluding hydrogens is 309 g/mol. The lowest BCUT2D eigenvalue weighted by atomic mass is 10.2. The van der Waals surface area contributed by atoms with Crippen molar-refractivity contribution in [1.29, 1.82) is 0 Å². The first-order chi connectivity index (χ1) is 10.8. The van der Waals surface area contributed by atoms with Gasteiger partial charge in [0.05, 0.1) is 6.54 Å². The Bertz CT molecular complexity index is 504. The molecule has 0 atom stereocenters. The summed E-state index contributed by atoms with van der Waals surface area (Å²) in [6.07, 6.45) is -3.01. The van der Waals surface area contributed by atoms with Gasteiger partial charge in [-0.25, -0.2) is 9.98 Å². The van der Waals surface area contributed by atoms with Crippen molar-refractivity contribution in [3.05, 3.63) is 23.9 Å². The summed E-state index contributed by atoms with van der Waals surface area (Å²) in [7, 11) is 0. The number of nitrogens with one attached hydrogen (secondary N) is 2. The second-order valence-corrected chi connectivity index (χ2v) is 5.34. The third-order valence-corrected chi connectivity index (χ3v) is 2.65. The molecule has 0 aromatic carbocycles. The van der Waals surface area contributed by atoms with Crippen molar-refractivity contribution in [2.24, 2.45) is 10.9 Å². The summed E-state index contributed by atoms with van der Waals surface area (Å²) < 4.78 is 41.5. The predicted octanol–water partition coefficient (Wildman–Crippen LogP) is 2.73. The Labute approximate surface area is 134 Å². The molecular formula is C15H23F3N4O. The second kappa shape index (κ2) is 9.22. The van der Waals surface area contributed by atoms with Crippen LogP contribution >= 0.6 is 0 Å². The monoisotopic (exact) mass is 332 g/mol. The van der Waals surface area contributed by atoms with Crippen molar-refractivity contribution in [3.63, 3.8) is 0 Å². The third-order valence-electron chi connectivity index (χ3n) is 2.65. The smallest absolute Gasteiger partial charge is 0.422 e. The number of nitrogens with zero attached hydrogens (tertiary/aromatic N) is 2. The Balaban J connectivity index is 2.75. The molecule has 0 amide bonds. The summed E-state index contributed by atoms with van der Waals surface area (Å²) in [4.78, 5) is 8.20. The molecule has 130 valence electrons. The van der Waals surface area contributed by atoms with Gasteiger partial charge < -0.3 is 15.4 Å². The number of aromatic nitrogens is 1. The molecule has 23 heavy (non-hydrogen) atoms. The van der Waals surface area contributed by atoms with Gasteiger partial charge in [-0.05, 0) is 18.9 Å². The summed E-state index contributed by atoms with van der Waals surface area (Å²) >= 11 is 0. The lowest BCUT2D eigenvalue weighted by molar-refractivity contribution is -0.154. The third kappa shape index (κ3) is 8.27. The van der Waals surface area contributed by atoms with Crippen molar-refractivity contribution < 1.29 is 17.9 Å². The molecule has 1 aromatic rings. The van der Waals surface area contributed by atoms with E-state index >= 15 is 0 Å². The molecule has 2 N–H and O–H groups in total. The van der Waals surface area contributed by atoms with Crippen LogP contribution in [-0.2, 0) is 6.54 Å². The Kier molecular flexibility index (Phi) is 7.64. The van der Waals surface area contributed by atoms with E-state index in [1.54, 1.807) is 12.1 Å². The van der Waals surface area contributed by atoms with Gasteiger partial charge in [-0.1, -0.05) is 19.9 Å². The summed E-state index contributed by atoms with van der Waals surface area (Å²) in [5.74, 6) is 1.00. The van der Waals surface area contributed by atoms with Crippen molar-refractivity contribution in [1.82, 2.24) is 15.6 Å². The van der Waals surface area contributed by atoms with E-state index in [4.69, 9.17) is 4.74 Å². The fourth-order valence-electron chi connectivity index (χ4n) is 1.63. The zero-order valence-electron chi connectivity index (χ0n) is 13.6. The fourth-order valence-corrected chi connectivity index (χ4v) is 1.63. The molecule has 0 aliphatic rings. The van der Waals surface area contributed by atoms with Gasteiger partial charge in [-0.2, -0.15) is 13.2 Å². The first-order valence-corrected chi connectivity index (χ1v) is 7.47. The predicted molar refractivity (Wildman–Crippen MR) is 83.4 cm³/mol. The number of alkyl halides is 3. The summed E-state index contributed by atoms with van der Waals surface area (Å²) in [6.45, 7) is 6.32. The number of rotatable bonds is 7. The maximum absolute atomic E-state index is 12.3. The van der Waals surface area contributed by atoms with E-state index in [1.807, 2.05) is 6.92 Å². The van der Waals surface area contributed by atoms with Crippen molar-refractivity contribution >= 4 is 5.96 Å². The van der Waals surface area contributed by atoms with E-state index in [0.29, 0.717) is 24.0 Å². The van der Waals surface area contributed by atoms with Gasteiger partial charge >= 0.3 is 6.18 Å². The molecule has 0 bridgehead atoms. The average Bonchev–Trinajstić information content (AvgIpc) is 2.48. The lowest BCUT2D eigenvalue weighted by Gasteiger charge is -2.14. The molecule has 8 heteroatoms. The van der Waals surface area contributed by atoms with Gasteiger partial charge in [-0.3, -0.25) is 0 Å². The van der Waals surface area contributed by atoms with Crippen LogP contribution in [0.3, 0.4) is 0 Å². The largest absolute Gasteiger partial charge is 0.468 e. The van der Waals surface area contributed by atoms with Crippen LogP contribution in [0.25, 0.3) is 0 Å². The van der Waals surface area contributed by atoms with Crippen LogP contribution in [0.1, 0.15) is 26.3 Å². The van der Waals surface area contributed by atoms with E-state index in [9.17, 15) is 13.2 Å². The topological polar surface area (TPSA) is 58.5 Å². The highest BCUT2D eigenvalue weighted by atomic mass is 19.4. The summed E-state index contributed by atoms with van der Waals surface area (Å²) in [5.41, 5.74) is 0.499. The molecule has 0 radical (unpaired) electrons. The number of pyridine rings is 1. The van der Waals surface area contributed by atoms with Gasteiger partial charge in [-0.15, -0.1) is 0 Å². The molecule has 0 fully saturated rings. The number of guanidine groups is 1. The van der Waals surface area contributed by atoms with Crippen molar-refractivity contribution in [3.8, 4) is 5.88 Å². The van der Waals surface area contributed by atoms with Gasteiger partial charge in [0.1, 0.15) is 0 Å². The minimum absolute atomic E-state index is 0.0479. The van der Waals surface area contributed by atoms with E-state index in [1.165, 1.54) is 6.20 Å². The lowest BCUT2D eigenvalue weighted by Crippen LogP contribution is -2.39. The zero-order valence-corrected chi connectivity index (χ0v) is 13.6. The highest BCUT2D eigenvalue weighted by molar-refractivity contribution is 5.79. The quantitative estimate of drug-likeness (QED) is 0.595. The van der Waals surface area contributed by atoms with Crippen LogP contribution < -0.4 is 15.4 Å². The number of ether oxygens (including phenoxy) is 1. The van der Waals surface area contributed by atoms with Gasteiger partial charge in [0.2, 0.25) is 5.88 Å². The van der Waals surface area contributed by atoms with Gasteiger partial charge in [0, 0.05) is 24.8 Å². The van der Waals surface area contributed by atoms with Crippen LogP contribution in [0.5, 0.6) is 5.88 Å². The van der Waals surface area contributed by atoms with Crippen molar-refractivity contribution in [2.75, 3.05) is 19.7 Å². The molecule has 0 aliphatic carbocycles. The fraction of sp³-hybridized carbons (Fsp3) is 0.600. The SMILES string of the molecule is CCNC(=NCc1cccnc1OCC(F)(F)F)NCC(C)C. The van der Waals surface area contributed by atoms with Crippen LogP contribution in [0.15, 0.2) is 23.3 Å². The van der Waals surface area contributed by atoms with Crippen LogP contribution in [-0.4, -0.2) is 36.8 Å². The number of hydrogen-bond acceptors (Lipinski definition) is 3.